The molecule has 0 fully saturated rings. The highest BCUT2D eigenvalue weighted by molar-refractivity contribution is 5.83. The smallest absolute Gasteiger partial charge is 0.168 e. The second kappa shape index (κ2) is 5.29. The number of rotatable bonds is 4. The first kappa shape index (κ1) is 11.4. The second-order valence-corrected chi connectivity index (χ2v) is 2.93. The highest BCUT2D eigenvalue weighted by atomic mass is 19.1. The summed E-state index contributed by atoms with van der Waals surface area (Å²) in [6, 6.07) is 1.88. The van der Waals surface area contributed by atoms with E-state index in [1.54, 1.807) is 0 Å². The molecule has 0 radical (unpaired) electrons. The lowest BCUT2D eigenvalue weighted by Gasteiger charge is -2.08. The van der Waals surface area contributed by atoms with Crippen LogP contribution in [0.5, 0.6) is 5.75 Å². The molecule has 0 spiro atoms. The largest absolute Gasteiger partial charge is 0.490 e. The van der Waals surface area contributed by atoms with E-state index in [1.165, 1.54) is 0 Å². The summed E-state index contributed by atoms with van der Waals surface area (Å²) in [5, 5.41) is 3.22. The van der Waals surface area contributed by atoms with Crippen molar-refractivity contribution in [3.8, 4) is 5.75 Å². The molecule has 1 rings (SSSR count). The van der Waals surface area contributed by atoms with Crippen LogP contribution in [0.3, 0.4) is 0 Å². The van der Waals surface area contributed by atoms with Crippen molar-refractivity contribution in [1.82, 2.24) is 0 Å². The zero-order valence-electron chi connectivity index (χ0n) is 8.34. The van der Waals surface area contributed by atoms with Gasteiger partial charge in [-0.15, -0.1) is 0 Å². The predicted molar refractivity (Wildman–Crippen MR) is 53.9 cm³/mol. The van der Waals surface area contributed by atoms with Gasteiger partial charge in [-0.2, -0.15) is 5.10 Å². The standard InChI is InChI=1S/C10H12F2N2O/c1-2-3-15-10-7(6-14-13)4-8(11)5-9(10)12/h4-6H,2-3,13H2,1H3. The van der Waals surface area contributed by atoms with Gasteiger partial charge in [0.05, 0.1) is 12.8 Å². The van der Waals surface area contributed by atoms with Crippen LogP contribution in [0, 0.1) is 11.6 Å². The SMILES string of the molecule is CCCOc1c(F)cc(F)cc1C=NN. The van der Waals surface area contributed by atoms with Gasteiger partial charge >= 0.3 is 0 Å². The molecule has 0 amide bonds. The topological polar surface area (TPSA) is 47.6 Å². The van der Waals surface area contributed by atoms with E-state index < -0.39 is 11.6 Å². The van der Waals surface area contributed by atoms with Gasteiger partial charge in [0.25, 0.3) is 0 Å². The van der Waals surface area contributed by atoms with E-state index in [0.717, 1.165) is 24.8 Å². The molecule has 0 heterocycles. The van der Waals surface area contributed by atoms with Crippen LogP contribution < -0.4 is 10.6 Å². The molecule has 3 nitrogen and oxygen atoms in total. The minimum absolute atomic E-state index is 0.0209. The van der Waals surface area contributed by atoms with E-state index >= 15 is 0 Å². The van der Waals surface area contributed by atoms with E-state index in [0.29, 0.717) is 6.61 Å². The van der Waals surface area contributed by atoms with Gasteiger partial charge < -0.3 is 10.6 Å². The maximum atomic E-state index is 13.3. The number of hydrogen-bond donors (Lipinski definition) is 1. The fourth-order valence-electron chi connectivity index (χ4n) is 1.11. The van der Waals surface area contributed by atoms with Gasteiger partial charge in [0.2, 0.25) is 0 Å². The quantitative estimate of drug-likeness (QED) is 0.473. The Hall–Kier alpha value is -1.65. The summed E-state index contributed by atoms with van der Waals surface area (Å²) in [4.78, 5) is 0. The molecule has 5 heteroatoms. The van der Waals surface area contributed by atoms with Gasteiger partial charge in [0.1, 0.15) is 5.82 Å². The highest BCUT2D eigenvalue weighted by Gasteiger charge is 2.11. The average Bonchev–Trinajstić information content (AvgIpc) is 2.17. The van der Waals surface area contributed by atoms with Crippen LogP contribution in [0.4, 0.5) is 8.78 Å². The number of hydrazone groups is 1. The van der Waals surface area contributed by atoms with Crippen molar-refractivity contribution < 1.29 is 13.5 Å². The third kappa shape index (κ3) is 2.90. The van der Waals surface area contributed by atoms with Crippen molar-refractivity contribution in [2.45, 2.75) is 13.3 Å². The molecular formula is C10H12F2N2O. The molecular weight excluding hydrogens is 202 g/mol. The number of halogens is 2. The van der Waals surface area contributed by atoms with Crippen molar-refractivity contribution in [3.05, 3.63) is 29.3 Å². The van der Waals surface area contributed by atoms with Crippen LogP contribution in [0.15, 0.2) is 17.2 Å². The van der Waals surface area contributed by atoms with Crippen LogP contribution in [0.2, 0.25) is 0 Å². The summed E-state index contributed by atoms with van der Waals surface area (Å²) >= 11 is 0. The fourth-order valence-corrected chi connectivity index (χ4v) is 1.11. The molecule has 82 valence electrons. The third-order valence-corrected chi connectivity index (χ3v) is 1.70. The molecule has 0 atom stereocenters. The monoisotopic (exact) mass is 214 g/mol. The van der Waals surface area contributed by atoms with Crippen LogP contribution in [0.25, 0.3) is 0 Å². The Kier molecular flexibility index (Phi) is 4.03. The van der Waals surface area contributed by atoms with Gasteiger partial charge in [-0.1, -0.05) is 6.92 Å². The molecule has 0 aliphatic rings. The molecule has 0 bridgehead atoms. The molecule has 2 N–H and O–H groups in total. The van der Waals surface area contributed by atoms with Crippen LogP contribution in [-0.2, 0) is 0 Å². The molecule has 0 aromatic heterocycles. The summed E-state index contributed by atoms with van der Waals surface area (Å²) in [6.45, 7) is 2.24. The Labute approximate surface area is 86.5 Å². The molecule has 0 saturated heterocycles. The second-order valence-electron chi connectivity index (χ2n) is 2.93. The summed E-state index contributed by atoms with van der Waals surface area (Å²) in [7, 11) is 0. The number of ether oxygens (including phenoxy) is 1. The van der Waals surface area contributed by atoms with E-state index in [2.05, 4.69) is 5.10 Å². The summed E-state index contributed by atoms with van der Waals surface area (Å²) in [5.41, 5.74) is 0.198. The van der Waals surface area contributed by atoms with Gasteiger partial charge in [-0.05, 0) is 12.5 Å². The third-order valence-electron chi connectivity index (χ3n) is 1.70. The molecule has 1 aromatic carbocycles. The lowest BCUT2D eigenvalue weighted by atomic mass is 10.2. The highest BCUT2D eigenvalue weighted by Crippen LogP contribution is 2.23. The van der Waals surface area contributed by atoms with Gasteiger partial charge in [0, 0.05) is 11.6 Å². The fraction of sp³-hybridized carbons (Fsp3) is 0.300. The maximum absolute atomic E-state index is 13.3. The molecule has 1 aromatic rings. The first-order valence-corrected chi connectivity index (χ1v) is 4.54. The minimum Gasteiger partial charge on any atom is -0.490 e. The summed E-state index contributed by atoms with van der Waals surface area (Å²) in [6.07, 6.45) is 1.88. The zero-order chi connectivity index (χ0) is 11.3. The van der Waals surface area contributed by atoms with Gasteiger partial charge in [-0.3, -0.25) is 0 Å². The maximum Gasteiger partial charge on any atom is 0.168 e. The van der Waals surface area contributed by atoms with E-state index in [4.69, 9.17) is 10.6 Å². The zero-order valence-corrected chi connectivity index (χ0v) is 8.34. The molecule has 0 unspecified atom stereocenters. The average molecular weight is 214 g/mol. The molecule has 0 saturated carbocycles. The normalized spacial score (nSPS) is 10.9. The lowest BCUT2D eigenvalue weighted by molar-refractivity contribution is 0.300. The predicted octanol–water partition coefficient (Wildman–Crippen LogP) is 2.05. The number of nitrogens with zero attached hydrogens (tertiary/aromatic N) is 1. The first-order chi connectivity index (χ1) is 7.19. The van der Waals surface area contributed by atoms with Gasteiger partial charge in [-0.25, -0.2) is 8.78 Å². The minimum atomic E-state index is -0.752. The van der Waals surface area contributed by atoms with E-state index in [9.17, 15) is 8.78 Å². The van der Waals surface area contributed by atoms with Crippen molar-refractivity contribution in [2.24, 2.45) is 10.9 Å². The van der Waals surface area contributed by atoms with Crippen LogP contribution >= 0.6 is 0 Å². The Morgan fingerprint density at radius 3 is 2.80 bits per heavy atom. The Morgan fingerprint density at radius 1 is 1.47 bits per heavy atom. The van der Waals surface area contributed by atoms with Crippen LogP contribution in [0.1, 0.15) is 18.9 Å². The number of benzene rings is 1. The lowest BCUT2D eigenvalue weighted by Crippen LogP contribution is -2.02. The molecule has 15 heavy (non-hydrogen) atoms. The van der Waals surface area contributed by atoms with E-state index in [-0.39, 0.29) is 11.3 Å². The van der Waals surface area contributed by atoms with Crippen molar-refractivity contribution in [1.29, 1.82) is 0 Å². The number of nitrogens with two attached hydrogens (primary N) is 1. The van der Waals surface area contributed by atoms with Crippen LogP contribution in [-0.4, -0.2) is 12.8 Å². The Balaban J connectivity index is 3.08. The molecule has 0 aliphatic heterocycles. The van der Waals surface area contributed by atoms with E-state index in [1.807, 2.05) is 6.92 Å². The molecule has 0 aliphatic carbocycles. The Morgan fingerprint density at radius 2 is 2.20 bits per heavy atom. The van der Waals surface area contributed by atoms with Crippen molar-refractivity contribution in [2.75, 3.05) is 6.61 Å². The Bertz CT molecular complexity index is 367. The number of hydrogen-bond acceptors (Lipinski definition) is 3. The van der Waals surface area contributed by atoms with Crippen molar-refractivity contribution >= 4 is 6.21 Å². The summed E-state index contributed by atoms with van der Waals surface area (Å²) < 4.78 is 31.3. The first-order valence-electron chi connectivity index (χ1n) is 4.54. The summed E-state index contributed by atoms with van der Waals surface area (Å²) in [5.74, 6) is 3.47. The van der Waals surface area contributed by atoms with Crippen molar-refractivity contribution in [3.63, 3.8) is 0 Å². The van der Waals surface area contributed by atoms with Gasteiger partial charge in [0.15, 0.2) is 11.6 Å².